The molecule has 0 spiro atoms. The largest absolute Gasteiger partial charge is 0.351 e. The molecule has 1 saturated heterocycles. The van der Waals surface area contributed by atoms with Crippen LogP contribution in [0.15, 0.2) is 18.3 Å². The lowest BCUT2D eigenvalue weighted by Crippen LogP contribution is -2.48. The molecule has 1 aliphatic rings. The maximum absolute atomic E-state index is 12.1. The molecule has 0 aliphatic carbocycles. The maximum Gasteiger partial charge on any atom is 0.237 e. The van der Waals surface area contributed by atoms with Gasteiger partial charge in [0.25, 0.3) is 0 Å². The van der Waals surface area contributed by atoms with Crippen LogP contribution in [0.1, 0.15) is 37.4 Å². The van der Waals surface area contributed by atoms with Crippen LogP contribution < -0.4 is 10.6 Å². The van der Waals surface area contributed by atoms with Gasteiger partial charge < -0.3 is 10.6 Å². The number of carbonyl (C=O) groups excluding carboxylic acids is 1. The zero-order valence-electron chi connectivity index (χ0n) is 11.8. The second-order valence-electron chi connectivity index (χ2n) is 5.33. The van der Waals surface area contributed by atoms with E-state index >= 15 is 0 Å². The van der Waals surface area contributed by atoms with E-state index in [-0.39, 0.29) is 11.9 Å². The van der Waals surface area contributed by atoms with Crippen molar-refractivity contribution in [3.63, 3.8) is 0 Å². The summed E-state index contributed by atoms with van der Waals surface area (Å²) in [7, 11) is 0. The van der Waals surface area contributed by atoms with Gasteiger partial charge in [0.1, 0.15) is 0 Å². The van der Waals surface area contributed by atoms with Gasteiger partial charge in [-0.2, -0.15) is 0 Å². The van der Waals surface area contributed by atoms with Gasteiger partial charge in [0.2, 0.25) is 5.91 Å². The highest BCUT2D eigenvalue weighted by atomic mass is 16.2. The van der Waals surface area contributed by atoms with Crippen molar-refractivity contribution in [2.24, 2.45) is 5.92 Å². The summed E-state index contributed by atoms with van der Waals surface area (Å²) in [4.78, 5) is 16.3. The minimum atomic E-state index is -0.0305. The smallest absolute Gasteiger partial charge is 0.237 e. The van der Waals surface area contributed by atoms with Crippen LogP contribution >= 0.6 is 0 Å². The Balaban J connectivity index is 1.82. The van der Waals surface area contributed by atoms with E-state index in [1.165, 1.54) is 6.42 Å². The topological polar surface area (TPSA) is 54.0 Å². The predicted octanol–water partition coefficient (Wildman–Crippen LogP) is 1.78. The van der Waals surface area contributed by atoms with Crippen LogP contribution in [0.3, 0.4) is 0 Å². The number of pyridine rings is 1. The molecular weight excluding hydrogens is 238 g/mol. The highest BCUT2D eigenvalue weighted by molar-refractivity contribution is 5.81. The molecule has 4 heteroatoms. The summed E-state index contributed by atoms with van der Waals surface area (Å²) in [6, 6.07) is 3.94. The van der Waals surface area contributed by atoms with Crippen molar-refractivity contribution in [2.75, 3.05) is 6.54 Å². The minimum absolute atomic E-state index is 0.0305. The van der Waals surface area contributed by atoms with Gasteiger partial charge in [0.15, 0.2) is 0 Å². The van der Waals surface area contributed by atoms with E-state index in [9.17, 15) is 4.79 Å². The number of nitrogens with one attached hydrogen (secondary N) is 2. The number of piperidine rings is 1. The van der Waals surface area contributed by atoms with Crippen molar-refractivity contribution < 1.29 is 4.79 Å². The zero-order valence-corrected chi connectivity index (χ0v) is 11.8. The van der Waals surface area contributed by atoms with E-state index in [0.29, 0.717) is 12.5 Å². The van der Waals surface area contributed by atoms with E-state index in [1.807, 2.05) is 25.3 Å². The molecule has 19 heavy (non-hydrogen) atoms. The lowest BCUT2D eigenvalue weighted by molar-refractivity contribution is -0.124. The third kappa shape index (κ3) is 4.03. The summed E-state index contributed by atoms with van der Waals surface area (Å²) in [5, 5.41) is 6.29. The number of hydrogen-bond acceptors (Lipinski definition) is 3. The van der Waals surface area contributed by atoms with E-state index in [1.54, 1.807) is 0 Å². The molecule has 0 saturated carbocycles. The molecule has 0 bridgehead atoms. The number of rotatable bonds is 4. The van der Waals surface area contributed by atoms with Gasteiger partial charge in [-0.25, -0.2) is 0 Å². The molecule has 1 fully saturated rings. The van der Waals surface area contributed by atoms with Gasteiger partial charge in [-0.05, 0) is 43.9 Å². The van der Waals surface area contributed by atoms with Crippen molar-refractivity contribution in [2.45, 2.75) is 45.7 Å². The standard InChI is InChI=1S/C15H23N3O/c1-3-12-6-7-16-14(8-12)15(19)18-10-13-5-4-11(2)17-9-13/h4-5,9,12,14,16H,3,6-8,10H2,1-2H3,(H,18,19). The van der Waals surface area contributed by atoms with Crippen LogP contribution in [-0.2, 0) is 11.3 Å². The van der Waals surface area contributed by atoms with Crippen LogP contribution in [0.4, 0.5) is 0 Å². The summed E-state index contributed by atoms with van der Waals surface area (Å²) in [6.45, 7) is 5.66. The monoisotopic (exact) mass is 261 g/mol. The molecule has 4 nitrogen and oxygen atoms in total. The summed E-state index contributed by atoms with van der Waals surface area (Å²) < 4.78 is 0. The highest BCUT2D eigenvalue weighted by Gasteiger charge is 2.25. The molecule has 104 valence electrons. The fourth-order valence-corrected chi connectivity index (χ4v) is 2.48. The first kappa shape index (κ1) is 14.0. The van der Waals surface area contributed by atoms with Crippen molar-refractivity contribution in [3.05, 3.63) is 29.6 Å². The van der Waals surface area contributed by atoms with Gasteiger partial charge in [0.05, 0.1) is 6.04 Å². The van der Waals surface area contributed by atoms with Gasteiger partial charge in [-0.3, -0.25) is 9.78 Å². The second-order valence-corrected chi connectivity index (χ2v) is 5.33. The minimum Gasteiger partial charge on any atom is -0.351 e. The quantitative estimate of drug-likeness (QED) is 0.868. The Labute approximate surface area is 115 Å². The van der Waals surface area contributed by atoms with Gasteiger partial charge in [-0.1, -0.05) is 19.4 Å². The lowest BCUT2D eigenvalue weighted by atomic mass is 9.90. The van der Waals surface area contributed by atoms with E-state index in [0.717, 1.165) is 30.6 Å². The number of aryl methyl sites for hydroxylation is 1. The average Bonchev–Trinajstić information content (AvgIpc) is 2.46. The predicted molar refractivity (Wildman–Crippen MR) is 75.6 cm³/mol. The van der Waals surface area contributed by atoms with Crippen molar-refractivity contribution in [1.82, 2.24) is 15.6 Å². The van der Waals surface area contributed by atoms with Crippen molar-refractivity contribution >= 4 is 5.91 Å². The van der Waals surface area contributed by atoms with E-state index < -0.39 is 0 Å². The third-order valence-electron chi connectivity index (χ3n) is 3.85. The van der Waals surface area contributed by atoms with Crippen LogP contribution in [0.25, 0.3) is 0 Å². The third-order valence-corrected chi connectivity index (χ3v) is 3.85. The first-order valence-electron chi connectivity index (χ1n) is 7.11. The molecule has 1 aliphatic heterocycles. The second kappa shape index (κ2) is 6.66. The molecule has 0 aromatic carbocycles. The van der Waals surface area contributed by atoms with Crippen molar-refractivity contribution in [1.29, 1.82) is 0 Å². The lowest BCUT2D eigenvalue weighted by Gasteiger charge is -2.28. The number of aromatic nitrogens is 1. The van der Waals surface area contributed by atoms with Gasteiger partial charge in [-0.15, -0.1) is 0 Å². The molecule has 2 rings (SSSR count). The normalized spacial score (nSPS) is 23.1. The van der Waals surface area contributed by atoms with Crippen LogP contribution in [0.2, 0.25) is 0 Å². The average molecular weight is 261 g/mol. The molecule has 2 unspecified atom stereocenters. The SMILES string of the molecule is CCC1CCNC(C(=O)NCc2ccc(C)nc2)C1. The van der Waals surface area contributed by atoms with Gasteiger partial charge in [0, 0.05) is 18.4 Å². The Morgan fingerprint density at radius 2 is 2.37 bits per heavy atom. The molecule has 1 aromatic heterocycles. The van der Waals surface area contributed by atoms with Crippen LogP contribution in [0.5, 0.6) is 0 Å². The number of carbonyl (C=O) groups is 1. The summed E-state index contributed by atoms with van der Waals surface area (Å²) in [6.07, 6.45) is 5.11. The fourth-order valence-electron chi connectivity index (χ4n) is 2.48. The number of amides is 1. The summed E-state index contributed by atoms with van der Waals surface area (Å²) >= 11 is 0. The number of hydrogen-bond donors (Lipinski definition) is 2. The highest BCUT2D eigenvalue weighted by Crippen LogP contribution is 2.19. The fraction of sp³-hybridized carbons (Fsp3) is 0.600. The molecule has 2 N–H and O–H groups in total. The van der Waals surface area contributed by atoms with Crippen molar-refractivity contribution in [3.8, 4) is 0 Å². The Bertz CT molecular complexity index is 416. The maximum atomic E-state index is 12.1. The molecule has 2 atom stereocenters. The van der Waals surface area contributed by atoms with Gasteiger partial charge >= 0.3 is 0 Å². The first-order valence-corrected chi connectivity index (χ1v) is 7.11. The molecule has 2 heterocycles. The summed E-state index contributed by atoms with van der Waals surface area (Å²) in [5.41, 5.74) is 2.04. The molecule has 0 radical (unpaired) electrons. The van der Waals surface area contributed by atoms with Crippen LogP contribution in [-0.4, -0.2) is 23.5 Å². The Kier molecular flexibility index (Phi) is 4.91. The van der Waals surface area contributed by atoms with E-state index in [4.69, 9.17) is 0 Å². The molecule has 1 amide bonds. The van der Waals surface area contributed by atoms with Crippen LogP contribution in [0, 0.1) is 12.8 Å². The van der Waals surface area contributed by atoms with E-state index in [2.05, 4.69) is 22.5 Å². The number of nitrogens with zero attached hydrogens (tertiary/aromatic N) is 1. The Morgan fingerprint density at radius 1 is 1.53 bits per heavy atom. The Morgan fingerprint density at radius 3 is 3.05 bits per heavy atom. The molecule has 1 aromatic rings. The Hall–Kier alpha value is -1.42. The first-order chi connectivity index (χ1) is 9.19. The summed E-state index contributed by atoms with van der Waals surface area (Å²) in [5.74, 6) is 0.789. The zero-order chi connectivity index (χ0) is 13.7. The molecular formula is C15H23N3O.